The molecule has 33 heavy (non-hydrogen) atoms. The zero-order valence-electron chi connectivity index (χ0n) is 21.5. The molecule has 0 heterocycles. The van der Waals surface area contributed by atoms with Crippen molar-refractivity contribution in [1.82, 2.24) is 10.2 Å². The first-order chi connectivity index (χ1) is 15.0. The first-order valence-corrected chi connectivity index (χ1v) is 11.3. The molecule has 0 aromatic heterocycles. The van der Waals surface area contributed by atoms with E-state index >= 15 is 0 Å². The van der Waals surface area contributed by atoms with Crippen molar-refractivity contribution in [3.8, 4) is 0 Å². The van der Waals surface area contributed by atoms with Crippen molar-refractivity contribution >= 4 is 17.8 Å². The van der Waals surface area contributed by atoms with E-state index in [0.717, 1.165) is 5.56 Å². The Kier molecular flexibility index (Phi) is 9.43. The van der Waals surface area contributed by atoms with Crippen LogP contribution in [0.5, 0.6) is 0 Å². The fourth-order valence-corrected chi connectivity index (χ4v) is 3.69. The quantitative estimate of drug-likeness (QED) is 0.490. The number of likely N-dealkylation sites (N-methyl/N-ethyl adjacent to an activating group) is 1. The van der Waals surface area contributed by atoms with Gasteiger partial charge in [-0.1, -0.05) is 84.9 Å². The van der Waals surface area contributed by atoms with Crippen LogP contribution in [-0.4, -0.2) is 53.0 Å². The number of hydrogen-bond acceptors (Lipinski definition) is 4. The monoisotopic (exact) mass is 459 g/mol. The molecule has 0 unspecified atom stereocenters. The molecule has 3 atom stereocenters. The van der Waals surface area contributed by atoms with Crippen molar-refractivity contribution in [2.24, 2.45) is 17.1 Å². The third-order valence-electron chi connectivity index (χ3n) is 6.21. The molecule has 0 saturated carbocycles. The fraction of sp³-hybridized carbons (Fsp3) is 0.577. The van der Waals surface area contributed by atoms with E-state index in [-0.39, 0.29) is 17.4 Å². The zero-order valence-corrected chi connectivity index (χ0v) is 21.5. The second-order valence-electron chi connectivity index (χ2n) is 10.7. The smallest absolute Gasteiger partial charge is 0.331 e. The molecule has 184 valence electrons. The maximum Gasteiger partial charge on any atom is 0.331 e. The minimum Gasteiger partial charge on any atom is -0.478 e. The normalized spacial score (nSPS) is 15.5. The summed E-state index contributed by atoms with van der Waals surface area (Å²) < 4.78 is 0. The summed E-state index contributed by atoms with van der Waals surface area (Å²) in [6, 6.07) is 7.40. The van der Waals surface area contributed by atoms with Crippen LogP contribution in [0.3, 0.4) is 0 Å². The predicted octanol–water partition coefficient (Wildman–Crippen LogP) is 3.34. The van der Waals surface area contributed by atoms with E-state index in [1.165, 1.54) is 11.8 Å². The molecule has 0 radical (unpaired) electrons. The summed E-state index contributed by atoms with van der Waals surface area (Å²) in [5.41, 5.74) is 6.24. The summed E-state index contributed by atoms with van der Waals surface area (Å²) in [5.74, 6) is -1.77. The van der Waals surface area contributed by atoms with Gasteiger partial charge in [-0.2, -0.15) is 0 Å². The SMILES string of the molecule is C/C(=C\[C@H](C(C)C)N(C)C(=O)[C@@H](NC(=O)[C@@H](N)C(C)(C)c1ccccc1)C(C)(C)C)C(=O)O. The number of nitrogens with two attached hydrogens (primary N) is 1. The largest absolute Gasteiger partial charge is 0.478 e. The van der Waals surface area contributed by atoms with Gasteiger partial charge in [-0.05, 0) is 23.8 Å². The summed E-state index contributed by atoms with van der Waals surface area (Å²) >= 11 is 0. The number of hydrogen-bond donors (Lipinski definition) is 3. The van der Waals surface area contributed by atoms with Gasteiger partial charge in [-0.3, -0.25) is 9.59 Å². The average Bonchev–Trinajstić information content (AvgIpc) is 2.73. The molecule has 0 fully saturated rings. The number of amides is 2. The first-order valence-electron chi connectivity index (χ1n) is 11.3. The van der Waals surface area contributed by atoms with E-state index in [1.54, 1.807) is 13.1 Å². The van der Waals surface area contributed by atoms with Gasteiger partial charge < -0.3 is 21.1 Å². The summed E-state index contributed by atoms with van der Waals surface area (Å²) in [7, 11) is 1.64. The van der Waals surface area contributed by atoms with Gasteiger partial charge in [0.05, 0.1) is 12.1 Å². The highest BCUT2D eigenvalue weighted by Gasteiger charge is 2.40. The number of carbonyl (C=O) groups excluding carboxylic acids is 2. The molecule has 2 amide bonds. The van der Waals surface area contributed by atoms with Crippen LogP contribution < -0.4 is 11.1 Å². The zero-order chi connectivity index (χ0) is 25.7. The molecular weight excluding hydrogens is 418 g/mol. The minimum atomic E-state index is -1.03. The molecule has 4 N–H and O–H groups in total. The van der Waals surface area contributed by atoms with Crippen molar-refractivity contribution in [2.75, 3.05) is 7.05 Å². The van der Waals surface area contributed by atoms with E-state index < -0.39 is 40.8 Å². The predicted molar refractivity (Wildman–Crippen MR) is 132 cm³/mol. The molecule has 0 spiro atoms. The molecule has 0 aliphatic rings. The van der Waals surface area contributed by atoms with Crippen LogP contribution in [0.4, 0.5) is 0 Å². The molecule has 0 aliphatic carbocycles. The lowest BCUT2D eigenvalue weighted by molar-refractivity contribution is -0.140. The number of aliphatic carboxylic acids is 1. The van der Waals surface area contributed by atoms with Crippen molar-refractivity contribution in [1.29, 1.82) is 0 Å². The Balaban J connectivity index is 3.22. The molecular formula is C26H41N3O4. The Morgan fingerprint density at radius 3 is 2.00 bits per heavy atom. The maximum absolute atomic E-state index is 13.6. The van der Waals surface area contributed by atoms with Crippen LogP contribution in [0.15, 0.2) is 42.0 Å². The first kappa shape index (κ1) is 28.4. The van der Waals surface area contributed by atoms with Gasteiger partial charge in [-0.25, -0.2) is 4.79 Å². The molecule has 7 nitrogen and oxygen atoms in total. The average molecular weight is 460 g/mol. The highest BCUT2D eigenvalue weighted by Crippen LogP contribution is 2.28. The molecule has 0 bridgehead atoms. The Bertz CT molecular complexity index is 869. The van der Waals surface area contributed by atoms with Gasteiger partial charge in [0.1, 0.15) is 6.04 Å². The minimum absolute atomic E-state index is 0.0242. The molecule has 1 aromatic rings. The Morgan fingerprint density at radius 1 is 1.06 bits per heavy atom. The number of rotatable bonds is 9. The lowest BCUT2D eigenvalue weighted by Crippen LogP contribution is -2.61. The molecule has 1 rings (SSSR count). The van der Waals surface area contributed by atoms with Gasteiger partial charge in [0.15, 0.2) is 0 Å². The number of nitrogens with zero attached hydrogens (tertiary/aromatic N) is 1. The van der Waals surface area contributed by atoms with Gasteiger partial charge in [0.2, 0.25) is 11.8 Å². The summed E-state index contributed by atoms with van der Waals surface area (Å²) in [4.78, 5) is 39.6. The van der Waals surface area contributed by atoms with Crippen LogP contribution in [-0.2, 0) is 19.8 Å². The lowest BCUT2D eigenvalue weighted by Gasteiger charge is -2.39. The molecule has 7 heteroatoms. The van der Waals surface area contributed by atoms with Crippen LogP contribution in [0, 0.1) is 11.3 Å². The highest BCUT2D eigenvalue weighted by atomic mass is 16.4. The van der Waals surface area contributed by atoms with Crippen LogP contribution in [0.25, 0.3) is 0 Å². The number of carboxylic acid groups (broad SMARTS) is 1. The number of carboxylic acids is 1. The number of carbonyl (C=O) groups is 3. The van der Waals surface area contributed by atoms with Crippen LogP contribution in [0.1, 0.15) is 61.0 Å². The second-order valence-corrected chi connectivity index (χ2v) is 10.7. The Hall–Kier alpha value is -2.67. The Morgan fingerprint density at radius 2 is 1.58 bits per heavy atom. The topological polar surface area (TPSA) is 113 Å². The number of benzene rings is 1. The highest BCUT2D eigenvalue weighted by molar-refractivity contribution is 5.91. The molecule has 0 aliphatic heterocycles. The third kappa shape index (κ3) is 7.16. The maximum atomic E-state index is 13.6. The number of nitrogens with one attached hydrogen (secondary N) is 1. The van der Waals surface area contributed by atoms with Crippen molar-refractivity contribution in [3.63, 3.8) is 0 Å². The van der Waals surface area contributed by atoms with E-state index in [1.807, 2.05) is 78.8 Å². The lowest BCUT2D eigenvalue weighted by atomic mass is 9.77. The summed E-state index contributed by atoms with van der Waals surface area (Å²) in [6.07, 6.45) is 1.58. The van der Waals surface area contributed by atoms with Crippen molar-refractivity contribution < 1.29 is 19.5 Å². The third-order valence-corrected chi connectivity index (χ3v) is 6.21. The molecule has 1 aromatic carbocycles. The van der Waals surface area contributed by atoms with Crippen LogP contribution >= 0.6 is 0 Å². The van der Waals surface area contributed by atoms with Gasteiger partial charge in [0, 0.05) is 18.0 Å². The van der Waals surface area contributed by atoms with Crippen molar-refractivity contribution in [3.05, 3.63) is 47.5 Å². The van der Waals surface area contributed by atoms with E-state index in [9.17, 15) is 19.5 Å². The van der Waals surface area contributed by atoms with Crippen LogP contribution in [0.2, 0.25) is 0 Å². The molecule has 0 saturated heterocycles. The van der Waals surface area contributed by atoms with Crippen molar-refractivity contribution in [2.45, 2.75) is 78.9 Å². The van der Waals surface area contributed by atoms with Gasteiger partial charge in [-0.15, -0.1) is 0 Å². The standard InChI is InChI=1S/C26H41N3O4/c1-16(2)19(15-17(3)24(32)33)29(9)23(31)21(25(4,5)6)28-22(30)20(27)26(7,8)18-13-11-10-12-14-18/h10-16,19-21H,27H2,1-9H3,(H,28,30)(H,32,33)/b17-15+/t19-,20-,21-/m1/s1. The second kappa shape index (κ2) is 11.0. The fourth-order valence-electron chi connectivity index (χ4n) is 3.69. The van der Waals surface area contributed by atoms with E-state index in [4.69, 9.17) is 5.73 Å². The van der Waals surface area contributed by atoms with E-state index in [2.05, 4.69) is 5.32 Å². The van der Waals surface area contributed by atoms with E-state index in [0.29, 0.717) is 0 Å². The summed E-state index contributed by atoms with van der Waals surface area (Å²) in [6.45, 7) is 14.8. The summed E-state index contributed by atoms with van der Waals surface area (Å²) in [5, 5.41) is 12.2. The van der Waals surface area contributed by atoms with Gasteiger partial charge in [0.25, 0.3) is 0 Å². The Labute approximate surface area is 198 Å². The van der Waals surface area contributed by atoms with Gasteiger partial charge >= 0.3 is 5.97 Å².